The Morgan fingerprint density at radius 3 is 2.75 bits per heavy atom. The van der Waals surface area contributed by atoms with E-state index in [-0.39, 0.29) is 5.91 Å². The Morgan fingerprint density at radius 2 is 2.12 bits per heavy atom. The number of nitrogens with one attached hydrogen (secondary N) is 2. The van der Waals surface area contributed by atoms with Crippen molar-refractivity contribution in [2.75, 3.05) is 37.4 Å². The third-order valence-corrected chi connectivity index (χ3v) is 2.18. The molecule has 0 fully saturated rings. The van der Waals surface area contributed by atoms with E-state index >= 15 is 0 Å². The van der Waals surface area contributed by atoms with Crippen LogP contribution in [0.15, 0.2) is 24.3 Å². The first-order valence-electron chi connectivity index (χ1n) is 5.41. The summed E-state index contributed by atoms with van der Waals surface area (Å²) in [5.74, 6) is -0.0160. The number of carbonyl (C=O) groups is 1. The van der Waals surface area contributed by atoms with E-state index in [1.165, 1.54) is 0 Å². The summed E-state index contributed by atoms with van der Waals surface area (Å²) in [7, 11) is 3.94. The maximum Gasteiger partial charge on any atom is 0.238 e. The minimum Gasteiger partial charge on any atom is -0.378 e. The van der Waals surface area contributed by atoms with E-state index in [0.717, 1.165) is 17.9 Å². The van der Waals surface area contributed by atoms with Crippen LogP contribution >= 0.6 is 0 Å². The molecule has 1 aromatic rings. The quantitative estimate of drug-likeness (QED) is 0.787. The average molecular weight is 221 g/mol. The lowest BCUT2D eigenvalue weighted by molar-refractivity contribution is -0.115. The van der Waals surface area contributed by atoms with Crippen LogP contribution in [0.25, 0.3) is 0 Å². The summed E-state index contributed by atoms with van der Waals surface area (Å²) < 4.78 is 0. The summed E-state index contributed by atoms with van der Waals surface area (Å²) in [5, 5.41) is 5.83. The molecular formula is C12H19N3O. The van der Waals surface area contributed by atoms with Crippen LogP contribution in [-0.2, 0) is 4.79 Å². The van der Waals surface area contributed by atoms with Gasteiger partial charge in [-0.1, -0.05) is 13.0 Å². The van der Waals surface area contributed by atoms with Gasteiger partial charge in [0.25, 0.3) is 0 Å². The molecule has 1 aromatic carbocycles. The highest BCUT2D eigenvalue weighted by molar-refractivity contribution is 5.92. The number of hydrogen-bond acceptors (Lipinski definition) is 3. The van der Waals surface area contributed by atoms with Gasteiger partial charge in [0.05, 0.1) is 6.54 Å². The molecule has 0 atom stereocenters. The highest BCUT2D eigenvalue weighted by Gasteiger charge is 2.02. The van der Waals surface area contributed by atoms with Crippen LogP contribution in [0.1, 0.15) is 6.92 Å². The first-order chi connectivity index (χ1) is 7.63. The van der Waals surface area contributed by atoms with Crippen LogP contribution in [0.4, 0.5) is 11.4 Å². The van der Waals surface area contributed by atoms with Gasteiger partial charge in [0.1, 0.15) is 0 Å². The minimum absolute atomic E-state index is 0.0160. The summed E-state index contributed by atoms with van der Waals surface area (Å²) in [6, 6.07) is 7.76. The van der Waals surface area contributed by atoms with Crippen LogP contribution in [0.3, 0.4) is 0 Å². The zero-order chi connectivity index (χ0) is 12.0. The maximum atomic E-state index is 11.5. The van der Waals surface area contributed by atoms with Crippen molar-refractivity contribution < 1.29 is 4.79 Å². The minimum atomic E-state index is -0.0160. The third-order valence-electron chi connectivity index (χ3n) is 2.18. The van der Waals surface area contributed by atoms with Crippen molar-refractivity contribution in [3.63, 3.8) is 0 Å². The second-order valence-electron chi connectivity index (χ2n) is 3.77. The molecule has 0 saturated carbocycles. The van der Waals surface area contributed by atoms with Crippen LogP contribution < -0.4 is 15.5 Å². The van der Waals surface area contributed by atoms with Crippen molar-refractivity contribution in [2.45, 2.75) is 6.92 Å². The normalized spacial score (nSPS) is 9.94. The summed E-state index contributed by atoms with van der Waals surface area (Å²) >= 11 is 0. The topological polar surface area (TPSA) is 44.4 Å². The molecule has 16 heavy (non-hydrogen) atoms. The van der Waals surface area contributed by atoms with E-state index < -0.39 is 0 Å². The Bertz CT molecular complexity index is 350. The van der Waals surface area contributed by atoms with E-state index in [9.17, 15) is 4.79 Å². The average Bonchev–Trinajstić information content (AvgIpc) is 2.26. The molecular weight excluding hydrogens is 202 g/mol. The van der Waals surface area contributed by atoms with Gasteiger partial charge in [0.2, 0.25) is 5.91 Å². The van der Waals surface area contributed by atoms with Gasteiger partial charge in [-0.25, -0.2) is 0 Å². The van der Waals surface area contributed by atoms with Crippen LogP contribution in [0, 0.1) is 0 Å². The summed E-state index contributed by atoms with van der Waals surface area (Å²) in [6.07, 6.45) is 0. The lowest BCUT2D eigenvalue weighted by Gasteiger charge is -2.14. The molecule has 0 unspecified atom stereocenters. The van der Waals surface area contributed by atoms with Crippen molar-refractivity contribution in [3.8, 4) is 0 Å². The van der Waals surface area contributed by atoms with Crippen molar-refractivity contribution in [1.29, 1.82) is 0 Å². The Morgan fingerprint density at radius 1 is 1.38 bits per heavy atom. The molecule has 0 bridgehead atoms. The number of nitrogens with zero attached hydrogens (tertiary/aromatic N) is 1. The number of hydrogen-bond donors (Lipinski definition) is 2. The fourth-order valence-corrected chi connectivity index (χ4v) is 1.31. The number of carbonyl (C=O) groups excluding carboxylic acids is 1. The summed E-state index contributed by atoms with van der Waals surface area (Å²) in [4.78, 5) is 13.5. The molecule has 2 N–H and O–H groups in total. The van der Waals surface area contributed by atoms with E-state index in [1.54, 1.807) is 0 Å². The Labute approximate surface area is 96.6 Å². The highest BCUT2D eigenvalue weighted by atomic mass is 16.1. The van der Waals surface area contributed by atoms with Gasteiger partial charge in [0.15, 0.2) is 0 Å². The molecule has 1 rings (SSSR count). The van der Waals surface area contributed by atoms with Crippen LogP contribution in [0.5, 0.6) is 0 Å². The lowest BCUT2D eigenvalue weighted by Crippen LogP contribution is -2.27. The molecule has 0 spiro atoms. The lowest BCUT2D eigenvalue weighted by atomic mass is 10.2. The van der Waals surface area contributed by atoms with Gasteiger partial charge in [-0.2, -0.15) is 0 Å². The number of rotatable bonds is 5. The zero-order valence-electron chi connectivity index (χ0n) is 10.1. The maximum absolute atomic E-state index is 11.5. The Balaban J connectivity index is 2.59. The first-order valence-corrected chi connectivity index (χ1v) is 5.41. The fourth-order valence-electron chi connectivity index (χ4n) is 1.31. The number of amides is 1. The van der Waals surface area contributed by atoms with E-state index in [2.05, 4.69) is 10.6 Å². The third kappa shape index (κ3) is 3.90. The molecule has 4 nitrogen and oxygen atoms in total. The van der Waals surface area contributed by atoms with Gasteiger partial charge in [-0.15, -0.1) is 0 Å². The van der Waals surface area contributed by atoms with Gasteiger partial charge >= 0.3 is 0 Å². The molecule has 0 saturated heterocycles. The second-order valence-corrected chi connectivity index (χ2v) is 3.77. The molecule has 1 amide bonds. The predicted molar refractivity (Wildman–Crippen MR) is 67.9 cm³/mol. The van der Waals surface area contributed by atoms with Crippen molar-refractivity contribution >= 4 is 17.3 Å². The van der Waals surface area contributed by atoms with E-state index in [1.807, 2.05) is 50.2 Å². The fraction of sp³-hybridized carbons (Fsp3) is 0.417. The Kier molecular flexibility index (Phi) is 4.79. The summed E-state index contributed by atoms with van der Waals surface area (Å²) in [5.41, 5.74) is 1.90. The first kappa shape index (κ1) is 12.5. The Hall–Kier alpha value is -1.55. The standard InChI is InChI=1S/C12H19N3O/c1-4-13-9-12(16)14-10-6-5-7-11(8-10)15(2)3/h5-8,13H,4,9H2,1-3H3,(H,14,16). The van der Waals surface area contributed by atoms with E-state index in [4.69, 9.17) is 0 Å². The smallest absolute Gasteiger partial charge is 0.238 e. The van der Waals surface area contributed by atoms with E-state index in [0.29, 0.717) is 6.54 Å². The van der Waals surface area contributed by atoms with Gasteiger partial charge in [-0.05, 0) is 24.7 Å². The molecule has 88 valence electrons. The van der Waals surface area contributed by atoms with Crippen molar-refractivity contribution in [2.24, 2.45) is 0 Å². The van der Waals surface area contributed by atoms with Crippen molar-refractivity contribution in [3.05, 3.63) is 24.3 Å². The second kappa shape index (κ2) is 6.12. The van der Waals surface area contributed by atoms with Crippen LogP contribution in [-0.4, -0.2) is 33.1 Å². The SMILES string of the molecule is CCNCC(=O)Nc1cccc(N(C)C)c1. The van der Waals surface area contributed by atoms with Gasteiger partial charge in [0, 0.05) is 25.5 Å². The van der Waals surface area contributed by atoms with Crippen molar-refractivity contribution in [1.82, 2.24) is 5.32 Å². The number of benzene rings is 1. The summed E-state index contributed by atoms with van der Waals surface area (Å²) in [6.45, 7) is 3.12. The molecule has 0 aliphatic heterocycles. The zero-order valence-corrected chi connectivity index (χ0v) is 10.1. The largest absolute Gasteiger partial charge is 0.378 e. The van der Waals surface area contributed by atoms with Gasteiger partial charge in [-0.3, -0.25) is 4.79 Å². The predicted octanol–water partition coefficient (Wildman–Crippen LogP) is 1.30. The van der Waals surface area contributed by atoms with Crippen LogP contribution in [0.2, 0.25) is 0 Å². The molecule has 0 aliphatic rings. The molecule has 0 radical (unpaired) electrons. The molecule has 4 heteroatoms. The molecule has 0 heterocycles. The highest BCUT2D eigenvalue weighted by Crippen LogP contribution is 2.16. The number of anilines is 2. The molecule has 0 aromatic heterocycles. The molecule has 0 aliphatic carbocycles. The van der Waals surface area contributed by atoms with Gasteiger partial charge < -0.3 is 15.5 Å². The number of likely N-dealkylation sites (N-methyl/N-ethyl adjacent to an activating group) is 1. The monoisotopic (exact) mass is 221 g/mol.